The summed E-state index contributed by atoms with van der Waals surface area (Å²) >= 11 is 0. The average molecular weight is 235 g/mol. The Hall–Kier alpha value is -1.71. The molecule has 0 aliphatic rings. The summed E-state index contributed by atoms with van der Waals surface area (Å²) < 4.78 is 4.65. The van der Waals surface area contributed by atoms with Crippen LogP contribution in [0.5, 0.6) is 0 Å². The van der Waals surface area contributed by atoms with Gasteiger partial charge >= 0.3 is 5.97 Å². The summed E-state index contributed by atoms with van der Waals surface area (Å²) in [5.41, 5.74) is 0.858. The molecule has 0 aliphatic carbocycles. The summed E-state index contributed by atoms with van der Waals surface area (Å²) in [4.78, 5) is 27.2. The summed E-state index contributed by atoms with van der Waals surface area (Å²) in [5, 5.41) is 0. The van der Waals surface area contributed by atoms with Gasteiger partial charge in [0, 0.05) is 19.0 Å². The second-order valence-electron chi connectivity index (χ2n) is 4.30. The zero-order valence-corrected chi connectivity index (χ0v) is 10.4. The Labute approximate surface area is 101 Å². The van der Waals surface area contributed by atoms with Crippen LogP contribution in [0.3, 0.4) is 0 Å². The molecule has 0 fully saturated rings. The molecule has 0 bridgehead atoms. The van der Waals surface area contributed by atoms with Crippen LogP contribution in [0, 0.1) is 5.92 Å². The molecule has 0 atom stereocenters. The summed E-state index contributed by atoms with van der Waals surface area (Å²) in [7, 11) is 1.31. The maximum atomic E-state index is 11.7. The Balaban J connectivity index is 2.83. The number of hydrogen-bond acceptors (Lipinski definition) is 4. The summed E-state index contributed by atoms with van der Waals surface area (Å²) in [6, 6.07) is 3.28. The van der Waals surface area contributed by atoms with Crippen molar-refractivity contribution in [2.45, 2.75) is 26.7 Å². The number of carbonyl (C=O) groups is 2. The standard InChI is InChI=1S/C13H17NO3/c1-9(2)7-10(15)8-12-11(13(16)17-3)5-4-6-14-12/h4-6,9H,7-8H2,1-3H3. The lowest BCUT2D eigenvalue weighted by atomic mass is 10.0. The predicted molar refractivity (Wildman–Crippen MR) is 63.7 cm³/mol. The van der Waals surface area contributed by atoms with E-state index in [2.05, 4.69) is 9.72 Å². The number of ether oxygens (including phenoxy) is 1. The van der Waals surface area contributed by atoms with Crippen LogP contribution in [0.2, 0.25) is 0 Å². The first-order valence-electron chi connectivity index (χ1n) is 5.58. The number of rotatable bonds is 5. The van der Waals surface area contributed by atoms with Gasteiger partial charge in [-0.15, -0.1) is 0 Å². The van der Waals surface area contributed by atoms with Crippen molar-refractivity contribution < 1.29 is 14.3 Å². The number of Topliss-reactive ketones (excluding diaryl/α,β-unsaturated/α-hetero) is 1. The molecule has 92 valence electrons. The van der Waals surface area contributed by atoms with Crippen LogP contribution in [-0.2, 0) is 16.0 Å². The van der Waals surface area contributed by atoms with E-state index in [1.807, 2.05) is 13.8 Å². The van der Waals surface area contributed by atoms with E-state index in [9.17, 15) is 9.59 Å². The summed E-state index contributed by atoms with van der Waals surface area (Å²) in [6.45, 7) is 3.97. The first-order valence-corrected chi connectivity index (χ1v) is 5.58. The Morgan fingerprint density at radius 3 is 2.71 bits per heavy atom. The third-order valence-corrected chi connectivity index (χ3v) is 2.30. The van der Waals surface area contributed by atoms with Crippen LogP contribution in [0.1, 0.15) is 36.3 Å². The van der Waals surface area contributed by atoms with E-state index in [0.717, 1.165) is 0 Å². The van der Waals surface area contributed by atoms with Gasteiger partial charge in [-0.25, -0.2) is 4.79 Å². The van der Waals surface area contributed by atoms with Gasteiger partial charge in [-0.05, 0) is 18.1 Å². The maximum absolute atomic E-state index is 11.7. The van der Waals surface area contributed by atoms with Crippen molar-refractivity contribution in [1.29, 1.82) is 0 Å². The van der Waals surface area contributed by atoms with Gasteiger partial charge in [-0.3, -0.25) is 9.78 Å². The smallest absolute Gasteiger partial charge is 0.339 e. The molecule has 1 heterocycles. The molecule has 0 N–H and O–H groups in total. The lowest BCUT2D eigenvalue weighted by molar-refractivity contribution is -0.119. The Morgan fingerprint density at radius 2 is 2.12 bits per heavy atom. The second kappa shape index (κ2) is 6.13. The molecule has 0 radical (unpaired) electrons. The van der Waals surface area contributed by atoms with Crippen molar-refractivity contribution in [3.63, 3.8) is 0 Å². The molecule has 17 heavy (non-hydrogen) atoms. The minimum absolute atomic E-state index is 0.0869. The zero-order valence-electron chi connectivity index (χ0n) is 10.4. The number of hydrogen-bond donors (Lipinski definition) is 0. The molecule has 1 aromatic heterocycles. The van der Waals surface area contributed by atoms with Crippen molar-refractivity contribution in [2.75, 3.05) is 7.11 Å². The number of pyridine rings is 1. The molecule has 0 saturated carbocycles. The van der Waals surface area contributed by atoms with E-state index in [0.29, 0.717) is 23.6 Å². The molecule has 0 unspecified atom stereocenters. The molecule has 1 rings (SSSR count). The highest BCUT2D eigenvalue weighted by Crippen LogP contribution is 2.11. The van der Waals surface area contributed by atoms with Gasteiger partial charge in [0.25, 0.3) is 0 Å². The zero-order chi connectivity index (χ0) is 12.8. The number of methoxy groups -OCH3 is 1. The predicted octanol–water partition coefficient (Wildman–Crippen LogP) is 2.03. The van der Waals surface area contributed by atoms with Gasteiger partial charge in [0.2, 0.25) is 0 Å². The largest absolute Gasteiger partial charge is 0.465 e. The van der Waals surface area contributed by atoms with Gasteiger partial charge in [-0.2, -0.15) is 0 Å². The number of carbonyl (C=O) groups excluding carboxylic acids is 2. The van der Waals surface area contributed by atoms with E-state index in [1.54, 1.807) is 18.3 Å². The Bertz CT molecular complexity index is 413. The van der Waals surface area contributed by atoms with Crippen LogP contribution < -0.4 is 0 Å². The van der Waals surface area contributed by atoms with E-state index in [4.69, 9.17) is 0 Å². The minimum atomic E-state index is -0.453. The first-order chi connectivity index (χ1) is 8.04. The normalized spacial score (nSPS) is 10.4. The van der Waals surface area contributed by atoms with Crippen molar-refractivity contribution in [3.05, 3.63) is 29.6 Å². The minimum Gasteiger partial charge on any atom is -0.465 e. The second-order valence-corrected chi connectivity index (χ2v) is 4.30. The monoisotopic (exact) mass is 235 g/mol. The summed E-state index contributed by atoms with van der Waals surface area (Å²) in [6.07, 6.45) is 2.26. The molecular weight excluding hydrogens is 218 g/mol. The van der Waals surface area contributed by atoms with Crippen LogP contribution in [0.15, 0.2) is 18.3 Å². The Kier molecular flexibility index (Phi) is 4.82. The van der Waals surface area contributed by atoms with Crippen molar-refractivity contribution in [3.8, 4) is 0 Å². The van der Waals surface area contributed by atoms with Crippen LogP contribution in [0.4, 0.5) is 0 Å². The molecule has 0 spiro atoms. The number of ketones is 1. The fourth-order valence-electron chi connectivity index (χ4n) is 1.59. The number of nitrogens with zero attached hydrogens (tertiary/aromatic N) is 1. The molecular formula is C13H17NO3. The molecule has 0 aliphatic heterocycles. The topological polar surface area (TPSA) is 56.3 Å². The third-order valence-electron chi connectivity index (χ3n) is 2.30. The SMILES string of the molecule is COC(=O)c1cccnc1CC(=O)CC(C)C. The van der Waals surface area contributed by atoms with Crippen molar-refractivity contribution in [1.82, 2.24) is 4.98 Å². The summed E-state index contributed by atoms with van der Waals surface area (Å²) in [5.74, 6) is -0.0536. The van der Waals surface area contributed by atoms with E-state index in [-0.39, 0.29) is 12.2 Å². The Morgan fingerprint density at radius 1 is 1.41 bits per heavy atom. The fourth-order valence-corrected chi connectivity index (χ4v) is 1.59. The third kappa shape index (κ3) is 3.98. The van der Waals surface area contributed by atoms with Crippen LogP contribution in [0.25, 0.3) is 0 Å². The molecule has 0 saturated heterocycles. The average Bonchev–Trinajstić information content (AvgIpc) is 2.27. The first kappa shape index (κ1) is 13.4. The molecule has 4 nitrogen and oxygen atoms in total. The highest BCUT2D eigenvalue weighted by molar-refractivity contribution is 5.92. The van der Waals surface area contributed by atoms with Crippen LogP contribution in [-0.4, -0.2) is 23.8 Å². The van der Waals surface area contributed by atoms with E-state index >= 15 is 0 Å². The van der Waals surface area contributed by atoms with Gasteiger partial charge in [0.05, 0.1) is 18.4 Å². The molecule has 1 aromatic rings. The maximum Gasteiger partial charge on any atom is 0.339 e. The molecule has 0 aromatic carbocycles. The van der Waals surface area contributed by atoms with Gasteiger partial charge in [0.15, 0.2) is 0 Å². The molecule has 0 amide bonds. The lowest BCUT2D eigenvalue weighted by Gasteiger charge is -2.07. The number of esters is 1. The lowest BCUT2D eigenvalue weighted by Crippen LogP contribution is -2.13. The van der Waals surface area contributed by atoms with Crippen molar-refractivity contribution >= 4 is 11.8 Å². The molecule has 4 heteroatoms. The van der Waals surface area contributed by atoms with Crippen LogP contribution >= 0.6 is 0 Å². The highest BCUT2D eigenvalue weighted by Gasteiger charge is 2.15. The number of aromatic nitrogens is 1. The quantitative estimate of drug-likeness (QED) is 0.733. The van der Waals surface area contributed by atoms with Gasteiger partial charge in [0.1, 0.15) is 5.78 Å². The van der Waals surface area contributed by atoms with Gasteiger partial charge in [-0.1, -0.05) is 13.8 Å². The van der Waals surface area contributed by atoms with Crippen molar-refractivity contribution in [2.24, 2.45) is 5.92 Å². The highest BCUT2D eigenvalue weighted by atomic mass is 16.5. The van der Waals surface area contributed by atoms with E-state index < -0.39 is 5.97 Å². The van der Waals surface area contributed by atoms with Gasteiger partial charge < -0.3 is 4.74 Å². The fraction of sp³-hybridized carbons (Fsp3) is 0.462. The van der Waals surface area contributed by atoms with E-state index in [1.165, 1.54) is 7.11 Å².